The maximum absolute atomic E-state index is 13.1. The lowest BCUT2D eigenvalue weighted by Crippen LogP contribution is -2.21. The highest BCUT2D eigenvalue weighted by Gasteiger charge is 2.23. The molecule has 8 nitrogen and oxygen atoms in total. The van der Waals surface area contributed by atoms with Crippen molar-refractivity contribution in [1.29, 1.82) is 0 Å². The Balaban J connectivity index is 1.63. The third-order valence-corrected chi connectivity index (χ3v) is 4.48. The molecule has 0 spiro atoms. The van der Waals surface area contributed by atoms with Crippen LogP contribution in [0.15, 0.2) is 72.8 Å². The lowest BCUT2D eigenvalue weighted by Gasteiger charge is -2.08. The molecule has 0 saturated carbocycles. The summed E-state index contributed by atoms with van der Waals surface area (Å²) in [5.41, 5.74) is 2.76. The van der Waals surface area contributed by atoms with Crippen LogP contribution in [-0.2, 0) is 0 Å². The smallest absolute Gasteiger partial charge is 0.267 e. The molecule has 0 aliphatic rings. The van der Waals surface area contributed by atoms with Crippen LogP contribution in [0.2, 0.25) is 0 Å². The SMILES string of the molecule is O=C(c1ccccc1C(=O)n1nnc2ccccc21)n1nnc2ccccc21. The highest BCUT2D eigenvalue weighted by Crippen LogP contribution is 2.18. The Morgan fingerprint density at radius 2 is 0.964 bits per heavy atom. The average Bonchev–Trinajstić information content (AvgIpc) is 3.37. The van der Waals surface area contributed by atoms with Crippen LogP contribution in [0, 0.1) is 0 Å². The van der Waals surface area contributed by atoms with Crippen LogP contribution in [0.4, 0.5) is 0 Å². The molecular weight excluding hydrogens is 356 g/mol. The molecule has 0 saturated heterocycles. The molecule has 0 bridgehead atoms. The number of benzene rings is 3. The van der Waals surface area contributed by atoms with Crippen molar-refractivity contribution in [3.8, 4) is 0 Å². The van der Waals surface area contributed by atoms with Gasteiger partial charge in [-0.2, -0.15) is 9.36 Å². The molecule has 2 heterocycles. The molecule has 3 aromatic carbocycles. The second-order valence-electron chi connectivity index (χ2n) is 6.14. The van der Waals surface area contributed by atoms with Crippen LogP contribution in [-0.4, -0.2) is 41.8 Å². The molecule has 0 fully saturated rings. The van der Waals surface area contributed by atoms with Gasteiger partial charge in [0.25, 0.3) is 11.8 Å². The minimum absolute atomic E-state index is 0.211. The van der Waals surface area contributed by atoms with Crippen LogP contribution in [0.3, 0.4) is 0 Å². The fraction of sp³-hybridized carbons (Fsp3) is 0. The molecule has 2 aromatic heterocycles. The van der Waals surface area contributed by atoms with E-state index in [1.807, 2.05) is 12.1 Å². The van der Waals surface area contributed by atoms with Gasteiger partial charge in [0, 0.05) is 0 Å². The Kier molecular flexibility index (Phi) is 3.55. The zero-order chi connectivity index (χ0) is 19.1. The fourth-order valence-corrected chi connectivity index (χ4v) is 3.12. The van der Waals surface area contributed by atoms with Gasteiger partial charge in [0.1, 0.15) is 11.0 Å². The quantitative estimate of drug-likeness (QED) is 0.475. The maximum Gasteiger partial charge on any atom is 0.280 e. The summed E-state index contributed by atoms with van der Waals surface area (Å²) in [6.45, 7) is 0. The van der Waals surface area contributed by atoms with Crippen molar-refractivity contribution in [2.75, 3.05) is 0 Å². The molecule has 0 radical (unpaired) electrons. The van der Waals surface area contributed by atoms with Gasteiger partial charge in [-0.1, -0.05) is 46.8 Å². The van der Waals surface area contributed by atoms with E-state index in [-0.39, 0.29) is 11.1 Å². The topological polar surface area (TPSA) is 95.6 Å². The standard InChI is InChI=1S/C20H12N6O2/c27-19(25-17-11-5-3-9-15(17)21-23-25)13-7-1-2-8-14(13)20(28)26-18-12-6-4-10-16(18)22-24-26/h1-12H. The number of hydrogen-bond acceptors (Lipinski definition) is 6. The highest BCUT2D eigenvalue weighted by molar-refractivity contribution is 6.11. The number of fused-ring (bicyclic) bond motifs is 2. The van der Waals surface area contributed by atoms with Crippen molar-refractivity contribution >= 4 is 33.9 Å². The summed E-state index contributed by atoms with van der Waals surface area (Å²) < 4.78 is 2.39. The molecule has 28 heavy (non-hydrogen) atoms. The third-order valence-electron chi connectivity index (χ3n) is 4.48. The van der Waals surface area contributed by atoms with E-state index in [4.69, 9.17) is 0 Å². The number of aromatic nitrogens is 6. The molecule has 8 heteroatoms. The summed E-state index contributed by atoms with van der Waals surface area (Å²) >= 11 is 0. The van der Waals surface area contributed by atoms with E-state index in [2.05, 4.69) is 20.6 Å². The first-order chi connectivity index (χ1) is 13.7. The summed E-state index contributed by atoms with van der Waals surface area (Å²) in [4.78, 5) is 26.3. The zero-order valence-electron chi connectivity index (χ0n) is 14.4. The van der Waals surface area contributed by atoms with E-state index >= 15 is 0 Å². The lowest BCUT2D eigenvalue weighted by atomic mass is 10.1. The first-order valence-corrected chi connectivity index (χ1v) is 8.53. The Hall–Kier alpha value is -4.20. The molecule has 134 valence electrons. The molecule has 0 aliphatic heterocycles. The summed E-state index contributed by atoms with van der Waals surface area (Å²) in [5.74, 6) is -0.885. The van der Waals surface area contributed by atoms with E-state index in [9.17, 15) is 9.59 Å². The molecule has 5 aromatic rings. The number of hydrogen-bond donors (Lipinski definition) is 0. The van der Waals surface area contributed by atoms with Gasteiger partial charge in [-0.3, -0.25) is 9.59 Å². The van der Waals surface area contributed by atoms with Gasteiger partial charge in [-0.05, 0) is 36.4 Å². The number of carbonyl (C=O) groups is 2. The van der Waals surface area contributed by atoms with E-state index in [1.165, 1.54) is 9.36 Å². The number of carbonyl (C=O) groups excluding carboxylic acids is 2. The van der Waals surface area contributed by atoms with Gasteiger partial charge >= 0.3 is 0 Å². The molecule has 0 aliphatic carbocycles. The highest BCUT2D eigenvalue weighted by atomic mass is 16.2. The second kappa shape index (κ2) is 6.20. The van der Waals surface area contributed by atoms with Crippen molar-refractivity contribution in [2.24, 2.45) is 0 Å². The van der Waals surface area contributed by atoms with Gasteiger partial charge in [-0.25, -0.2) is 0 Å². The van der Waals surface area contributed by atoms with Crippen LogP contribution < -0.4 is 0 Å². The Labute approximate surface area is 158 Å². The van der Waals surface area contributed by atoms with Crippen molar-refractivity contribution in [2.45, 2.75) is 0 Å². The third kappa shape index (κ3) is 2.39. The molecule has 5 rings (SSSR count). The summed E-state index contributed by atoms with van der Waals surface area (Å²) in [6, 6.07) is 20.8. The van der Waals surface area contributed by atoms with Crippen LogP contribution in [0.5, 0.6) is 0 Å². The lowest BCUT2D eigenvalue weighted by molar-refractivity contribution is 0.0914. The average molecular weight is 368 g/mol. The predicted octanol–water partition coefficient (Wildman–Crippen LogP) is 2.55. The summed E-state index contributed by atoms with van der Waals surface area (Å²) in [7, 11) is 0. The van der Waals surface area contributed by atoms with Crippen molar-refractivity contribution in [3.63, 3.8) is 0 Å². The number of rotatable bonds is 2. The van der Waals surface area contributed by atoms with E-state index in [0.717, 1.165) is 0 Å². The van der Waals surface area contributed by atoms with Gasteiger partial charge in [0.05, 0.1) is 22.2 Å². The molecule has 0 N–H and O–H groups in total. The predicted molar refractivity (Wildman–Crippen MR) is 101 cm³/mol. The number of para-hydroxylation sites is 2. The molecular formula is C20H12N6O2. The van der Waals surface area contributed by atoms with Crippen LogP contribution in [0.1, 0.15) is 20.7 Å². The molecule has 0 unspecified atom stereocenters. The summed E-state index contributed by atoms with van der Waals surface area (Å²) in [5, 5.41) is 15.9. The van der Waals surface area contributed by atoms with Gasteiger partial charge in [0.15, 0.2) is 0 Å². The largest absolute Gasteiger partial charge is 0.280 e. The van der Waals surface area contributed by atoms with E-state index in [0.29, 0.717) is 22.1 Å². The normalized spacial score (nSPS) is 11.1. The van der Waals surface area contributed by atoms with Crippen molar-refractivity contribution in [1.82, 2.24) is 30.0 Å². The van der Waals surface area contributed by atoms with E-state index < -0.39 is 11.8 Å². The Bertz CT molecular complexity index is 1260. The maximum atomic E-state index is 13.1. The second-order valence-corrected chi connectivity index (χ2v) is 6.14. The first-order valence-electron chi connectivity index (χ1n) is 8.53. The molecule has 0 atom stereocenters. The minimum Gasteiger partial charge on any atom is -0.267 e. The Morgan fingerprint density at radius 1 is 0.571 bits per heavy atom. The number of nitrogens with zero attached hydrogens (tertiary/aromatic N) is 6. The van der Waals surface area contributed by atoms with Crippen LogP contribution >= 0.6 is 0 Å². The first kappa shape index (κ1) is 16.0. The minimum atomic E-state index is -0.443. The van der Waals surface area contributed by atoms with Gasteiger partial charge in [-0.15, -0.1) is 10.2 Å². The van der Waals surface area contributed by atoms with Gasteiger partial charge < -0.3 is 0 Å². The van der Waals surface area contributed by atoms with E-state index in [1.54, 1.807) is 60.7 Å². The fourth-order valence-electron chi connectivity index (χ4n) is 3.12. The van der Waals surface area contributed by atoms with Crippen LogP contribution in [0.25, 0.3) is 22.1 Å². The monoisotopic (exact) mass is 368 g/mol. The zero-order valence-corrected chi connectivity index (χ0v) is 14.4. The van der Waals surface area contributed by atoms with Gasteiger partial charge in [0.2, 0.25) is 0 Å². The van der Waals surface area contributed by atoms with Crippen molar-refractivity contribution < 1.29 is 9.59 Å². The Morgan fingerprint density at radius 3 is 1.43 bits per heavy atom. The van der Waals surface area contributed by atoms with Crippen molar-refractivity contribution in [3.05, 3.63) is 83.9 Å². The summed E-state index contributed by atoms with van der Waals surface area (Å²) in [6.07, 6.45) is 0. The molecule has 0 amide bonds.